The Morgan fingerprint density at radius 3 is 1.45 bits per heavy atom. The Morgan fingerprint density at radius 2 is 0.922 bits per heavy atom. The molecule has 0 fully saturated rings. The van der Waals surface area contributed by atoms with Crippen LogP contribution in [-0.4, -0.2) is 4.57 Å². The van der Waals surface area contributed by atoms with Crippen LogP contribution in [0.2, 0.25) is 0 Å². The van der Waals surface area contributed by atoms with Gasteiger partial charge >= 0.3 is 0 Å². The molecule has 0 bridgehead atoms. The van der Waals surface area contributed by atoms with Gasteiger partial charge in [-0.1, -0.05) is 152 Å². The fraction of sp³-hybridized carbons (Fsp3) is 0.0333. The van der Waals surface area contributed by atoms with Gasteiger partial charge in [0.1, 0.15) is 0 Å². The van der Waals surface area contributed by atoms with Gasteiger partial charge in [-0.05, 0) is 127 Å². The van der Waals surface area contributed by atoms with Crippen LogP contribution in [0, 0.1) is 0 Å². The molecule has 1 aromatic heterocycles. The number of fused-ring (bicyclic) bond motifs is 3. The number of hydrogen-bond acceptors (Lipinski definition) is 3. The second-order valence-corrected chi connectivity index (χ2v) is 15.8. The van der Waals surface area contributed by atoms with Crippen molar-refractivity contribution in [1.29, 1.82) is 0 Å². The van der Waals surface area contributed by atoms with Crippen LogP contribution >= 0.6 is 0 Å². The highest BCUT2D eigenvalue weighted by Crippen LogP contribution is 2.40. The van der Waals surface area contributed by atoms with Gasteiger partial charge < -0.3 is 19.3 Å². The largest absolute Gasteiger partial charge is 0.319 e. The number of anilines is 5. The molecule has 0 N–H and O–H groups in total. The van der Waals surface area contributed by atoms with Crippen molar-refractivity contribution in [3.63, 3.8) is 0 Å². The lowest BCUT2D eigenvalue weighted by molar-refractivity contribution is 0.922. The van der Waals surface area contributed by atoms with Gasteiger partial charge in [-0.15, -0.1) is 0 Å². The number of rotatable bonds is 13. The lowest BCUT2D eigenvalue weighted by Gasteiger charge is -2.33. The SMILES string of the molecule is C=C/C(=C\C(=C/N(C1=CC=C(c2ccccc2)CC1)c1ccc2c(c1)c1ccccc1n2-c1ccccc1)N(c1ccccc1)c1ccccc1)N(c1ccccc1)c1ccccc1. The molecule has 0 saturated carbocycles. The molecule has 0 amide bonds. The molecule has 0 atom stereocenters. The van der Waals surface area contributed by atoms with E-state index < -0.39 is 0 Å². The van der Waals surface area contributed by atoms with Crippen molar-refractivity contribution < 1.29 is 0 Å². The van der Waals surface area contributed by atoms with E-state index in [1.165, 1.54) is 33.1 Å². The molecule has 0 spiro atoms. The summed E-state index contributed by atoms with van der Waals surface area (Å²) in [6.45, 7) is 4.45. The molecule has 0 radical (unpaired) electrons. The summed E-state index contributed by atoms with van der Waals surface area (Å²) in [5.74, 6) is 0. The van der Waals surface area contributed by atoms with E-state index >= 15 is 0 Å². The Labute approximate surface area is 376 Å². The van der Waals surface area contributed by atoms with Gasteiger partial charge in [-0.2, -0.15) is 0 Å². The zero-order valence-electron chi connectivity index (χ0n) is 35.7. The summed E-state index contributed by atoms with van der Waals surface area (Å²) in [5, 5.41) is 2.40. The van der Waals surface area contributed by atoms with Gasteiger partial charge in [0.05, 0.1) is 16.7 Å². The number of para-hydroxylation sites is 6. The number of nitrogens with zero attached hydrogens (tertiary/aromatic N) is 4. The van der Waals surface area contributed by atoms with E-state index in [1.54, 1.807) is 0 Å². The normalized spacial score (nSPS) is 13.0. The maximum absolute atomic E-state index is 4.45. The molecule has 4 nitrogen and oxygen atoms in total. The molecular formula is C60H48N4. The second-order valence-electron chi connectivity index (χ2n) is 15.8. The predicted molar refractivity (Wildman–Crippen MR) is 271 cm³/mol. The fourth-order valence-corrected chi connectivity index (χ4v) is 8.87. The Bertz CT molecular complexity index is 3070. The first kappa shape index (κ1) is 39.8. The molecule has 1 aliphatic rings. The van der Waals surface area contributed by atoms with Crippen LogP contribution in [0.25, 0.3) is 33.1 Å². The lowest BCUT2D eigenvalue weighted by atomic mass is 9.95. The van der Waals surface area contributed by atoms with Crippen molar-refractivity contribution in [3.8, 4) is 5.69 Å². The lowest BCUT2D eigenvalue weighted by Crippen LogP contribution is -2.24. The maximum atomic E-state index is 4.45. The average Bonchev–Trinajstić information content (AvgIpc) is 3.71. The van der Waals surface area contributed by atoms with E-state index in [9.17, 15) is 0 Å². The van der Waals surface area contributed by atoms with Gasteiger partial charge in [0, 0.05) is 62.5 Å². The smallest absolute Gasteiger partial charge is 0.0648 e. The molecule has 0 unspecified atom stereocenters. The summed E-state index contributed by atoms with van der Waals surface area (Å²) in [6, 6.07) is 79.4. The first-order valence-electron chi connectivity index (χ1n) is 21.9. The van der Waals surface area contributed by atoms with Crippen LogP contribution in [0.4, 0.5) is 28.4 Å². The number of hydrogen-bond donors (Lipinski definition) is 0. The van der Waals surface area contributed by atoms with Gasteiger partial charge in [-0.25, -0.2) is 0 Å². The van der Waals surface area contributed by atoms with E-state index in [2.05, 4.69) is 275 Å². The number of allylic oxidation sites excluding steroid dienone is 6. The van der Waals surface area contributed by atoms with E-state index in [1.807, 2.05) is 6.08 Å². The van der Waals surface area contributed by atoms with Gasteiger partial charge in [-0.3, -0.25) is 0 Å². The zero-order valence-corrected chi connectivity index (χ0v) is 35.7. The quantitative estimate of drug-likeness (QED) is 0.108. The molecule has 1 heterocycles. The topological polar surface area (TPSA) is 14.7 Å². The van der Waals surface area contributed by atoms with Crippen molar-refractivity contribution in [3.05, 3.63) is 284 Å². The third kappa shape index (κ3) is 8.09. The summed E-state index contributed by atoms with van der Waals surface area (Å²) < 4.78 is 2.38. The molecule has 0 aliphatic heterocycles. The van der Waals surface area contributed by atoms with Crippen molar-refractivity contribution in [2.75, 3.05) is 14.7 Å². The first-order chi connectivity index (χ1) is 31.7. The molecular weight excluding hydrogens is 777 g/mol. The van der Waals surface area contributed by atoms with Crippen LogP contribution in [0.15, 0.2) is 279 Å². The maximum Gasteiger partial charge on any atom is 0.0648 e. The van der Waals surface area contributed by atoms with Crippen molar-refractivity contribution >= 4 is 55.8 Å². The molecule has 4 heteroatoms. The van der Waals surface area contributed by atoms with Crippen LogP contribution < -0.4 is 14.7 Å². The minimum absolute atomic E-state index is 0.850. The van der Waals surface area contributed by atoms with Crippen LogP contribution in [-0.2, 0) is 0 Å². The molecule has 9 aromatic rings. The van der Waals surface area contributed by atoms with E-state index in [4.69, 9.17) is 0 Å². The fourth-order valence-electron chi connectivity index (χ4n) is 8.87. The monoisotopic (exact) mass is 824 g/mol. The third-order valence-corrected chi connectivity index (χ3v) is 11.9. The summed E-state index contributed by atoms with van der Waals surface area (Å²) >= 11 is 0. The van der Waals surface area contributed by atoms with E-state index in [-0.39, 0.29) is 0 Å². The zero-order chi connectivity index (χ0) is 43.1. The molecule has 10 rings (SSSR count). The predicted octanol–water partition coefficient (Wildman–Crippen LogP) is 15.9. The molecule has 8 aromatic carbocycles. The minimum Gasteiger partial charge on any atom is -0.319 e. The highest BCUT2D eigenvalue weighted by molar-refractivity contribution is 6.10. The molecule has 0 saturated heterocycles. The van der Waals surface area contributed by atoms with Crippen LogP contribution in [0.3, 0.4) is 0 Å². The number of aromatic nitrogens is 1. The van der Waals surface area contributed by atoms with Gasteiger partial charge in [0.25, 0.3) is 0 Å². The van der Waals surface area contributed by atoms with Gasteiger partial charge in [0.2, 0.25) is 0 Å². The van der Waals surface area contributed by atoms with Crippen molar-refractivity contribution in [2.24, 2.45) is 0 Å². The van der Waals surface area contributed by atoms with E-state index in [0.29, 0.717) is 0 Å². The number of benzene rings is 8. The summed E-state index contributed by atoms with van der Waals surface area (Å²) in [5.41, 5.74) is 14.4. The second kappa shape index (κ2) is 18.3. The Kier molecular flexibility index (Phi) is 11.4. The third-order valence-electron chi connectivity index (χ3n) is 11.9. The Hall–Kier alpha value is -8.34. The molecule has 64 heavy (non-hydrogen) atoms. The van der Waals surface area contributed by atoms with Crippen LogP contribution in [0.1, 0.15) is 18.4 Å². The minimum atomic E-state index is 0.850. The Balaban J connectivity index is 1.24. The van der Waals surface area contributed by atoms with Crippen molar-refractivity contribution in [2.45, 2.75) is 12.8 Å². The molecule has 1 aliphatic carbocycles. The highest BCUT2D eigenvalue weighted by Gasteiger charge is 2.23. The van der Waals surface area contributed by atoms with Crippen LogP contribution in [0.5, 0.6) is 0 Å². The summed E-state index contributed by atoms with van der Waals surface area (Å²) in [7, 11) is 0. The van der Waals surface area contributed by atoms with E-state index in [0.717, 1.165) is 63.9 Å². The van der Waals surface area contributed by atoms with Crippen molar-refractivity contribution in [1.82, 2.24) is 4.57 Å². The first-order valence-corrected chi connectivity index (χ1v) is 21.9. The average molecular weight is 825 g/mol. The van der Waals surface area contributed by atoms with Gasteiger partial charge in [0.15, 0.2) is 0 Å². The Morgan fingerprint density at radius 1 is 0.438 bits per heavy atom. The highest BCUT2D eigenvalue weighted by atomic mass is 15.2. The standard InChI is InChI=1S/C60H48N4/c1-2-48(62(50-25-11-4-12-26-50)51-27-13-5-14-28-51)43-56(63(52-29-15-6-16-30-52)53-31-17-7-18-32-53)45-61(49-39-37-47(38-40-49)46-23-9-3-10-24-46)55-41-42-60-58(44-55)57-35-21-22-36-59(57)64(60)54-33-19-8-20-34-54/h2-37,39,41-45H,1,38,40H2/b48-43+,56-45+. The summed E-state index contributed by atoms with van der Waals surface area (Å²) in [6.07, 6.45) is 12.9. The molecule has 308 valence electrons. The summed E-state index contributed by atoms with van der Waals surface area (Å²) in [4.78, 5) is 7.03.